The highest BCUT2D eigenvalue weighted by atomic mass is 16.5. The molecule has 0 spiro atoms. The molecule has 0 aliphatic rings. The van der Waals surface area contributed by atoms with Crippen molar-refractivity contribution in [2.24, 2.45) is 5.84 Å². The Labute approximate surface area is 116 Å². The van der Waals surface area contributed by atoms with Gasteiger partial charge in [-0.05, 0) is 18.2 Å². The summed E-state index contributed by atoms with van der Waals surface area (Å²) in [4.78, 5) is 15.4. The topological polar surface area (TPSA) is 91.4 Å². The number of rotatable bonds is 5. The van der Waals surface area contributed by atoms with Gasteiger partial charge in [-0.15, -0.1) is 0 Å². The van der Waals surface area contributed by atoms with E-state index in [1.807, 2.05) is 12.1 Å². The molecule has 1 aromatic carbocycles. The number of hydrazine groups is 1. The number of benzene rings is 1. The third-order valence-electron chi connectivity index (χ3n) is 2.87. The molecule has 0 saturated heterocycles. The minimum Gasteiger partial charge on any atom is -0.493 e. The number of aromatic nitrogens is 2. The summed E-state index contributed by atoms with van der Waals surface area (Å²) in [6.07, 6.45) is 3.24. The SMILES string of the molecule is COc1ccc(-c2cncn2CC(=O)NN)cc1OC. The second-order valence-electron chi connectivity index (χ2n) is 4.04. The van der Waals surface area contributed by atoms with Crippen LogP contribution in [0.5, 0.6) is 11.5 Å². The standard InChI is InChI=1S/C13H16N4O3/c1-19-11-4-3-9(5-12(11)20-2)10-6-15-8-17(10)7-13(18)16-14/h3-6,8H,7,14H2,1-2H3,(H,16,18). The molecule has 0 bridgehead atoms. The Morgan fingerprint density at radius 2 is 2.10 bits per heavy atom. The Morgan fingerprint density at radius 3 is 2.75 bits per heavy atom. The summed E-state index contributed by atoms with van der Waals surface area (Å²) in [5, 5.41) is 0. The zero-order valence-electron chi connectivity index (χ0n) is 11.3. The Hall–Kier alpha value is -2.54. The van der Waals surface area contributed by atoms with E-state index in [0.29, 0.717) is 11.5 Å². The maximum Gasteiger partial charge on any atom is 0.253 e. The predicted octanol–water partition coefficient (Wildman–Crippen LogP) is 0.557. The van der Waals surface area contributed by atoms with E-state index in [1.165, 1.54) is 0 Å². The summed E-state index contributed by atoms with van der Waals surface area (Å²) in [5.74, 6) is 6.04. The van der Waals surface area contributed by atoms with Gasteiger partial charge in [0.1, 0.15) is 6.54 Å². The first-order valence-electron chi connectivity index (χ1n) is 5.91. The van der Waals surface area contributed by atoms with Crippen LogP contribution in [0.1, 0.15) is 0 Å². The van der Waals surface area contributed by atoms with Gasteiger partial charge in [-0.3, -0.25) is 10.2 Å². The van der Waals surface area contributed by atoms with Gasteiger partial charge in [0.05, 0.1) is 32.4 Å². The molecule has 1 heterocycles. The molecule has 7 nitrogen and oxygen atoms in total. The lowest BCUT2D eigenvalue weighted by Crippen LogP contribution is -2.33. The molecule has 20 heavy (non-hydrogen) atoms. The molecule has 3 N–H and O–H groups in total. The monoisotopic (exact) mass is 276 g/mol. The Morgan fingerprint density at radius 1 is 1.35 bits per heavy atom. The minimum absolute atomic E-state index is 0.0974. The van der Waals surface area contributed by atoms with E-state index in [0.717, 1.165) is 11.3 Å². The molecule has 0 aliphatic carbocycles. The zero-order chi connectivity index (χ0) is 14.5. The number of hydrogen-bond acceptors (Lipinski definition) is 5. The largest absolute Gasteiger partial charge is 0.493 e. The summed E-state index contributed by atoms with van der Waals surface area (Å²) in [7, 11) is 3.15. The molecule has 7 heteroatoms. The molecule has 0 aliphatic heterocycles. The highest BCUT2D eigenvalue weighted by Gasteiger charge is 2.11. The molecule has 2 rings (SSSR count). The average molecular weight is 276 g/mol. The highest BCUT2D eigenvalue weighted by molar-refractivity contribution is 5.76. The maximum atomic E-state index is 11.4. The van der Waals surface area contributed by atoms with Crippen molar-refractivity contribution in [3.05, 3.63) is 30.7 Å². The van der Waals surface area contributed by atoms with Crippen molar-refractivity contribution in [2.75, 3.05) is 14.2 Å². The van der Waals surface area contributed by atoms with Crippen molar-refractivity contribution in [3.8, 4) is 22.8 Å². The fourth-order valence-electron chi connectivity index (χ4n) is 1.88. The Bertz CT molecular complexity index is 609. The summed E-state index contributed by atoms with van der Waals surface area (Å²) < 4.78 is 12.2. The average Bonchev–Trinajstić information content (AvgIpc) is 2.94. The van der Waals surface area contributed by atoms with Gasteiger partial charge >= 0.3 is 0 Å². The quantitative estimate of drug-likeness (QED) is 0.473. The molecule has 1 amide bonds. The number of imidazole rings is 1. The van der Waals surface area contributed by atoms with Crippen LogP contribution in [0.15, 0.2) is 30.7 Å². The molecule has 0 unspecified atom stereocenters. The first-order chi connectivity index (χ1) is 9.69. The second kappa shape index (κ2) is 6.07. The zero-order valence-corrected chi connectivity index (χ0v) is 11.3. The van der Waals surface area contributed by atoms with Gasteiger partial charge in [0.15, 0.2) is 11.5 Å². The van der Waals surface area contributed by atoms with Crippen molar-refractivity contribution >= 4 is 5.91 Å². The first kappa shape index (κ1) is 13.9. The van der Waals surface area contributed by atoms with Gasteiger partial charge in [-0.2, -0.15) is 0 Å². The number of carbonyl (C=O) groups excluding carboxylic acids is 1. The minimum atomic E-state index is -0.301. The molecule has 0 atom stereocenters. The fourth-order valence-corrected chi connectivity index (χ4v) is 1.88. The van der Waals surface area contributed by atoms with Crippen LogP contribution in [0.25, 0.3) is 11.3 Å². The number of nitrogens with two attached hydrogens (primary N) is 1. The van der Waals surface area contributed by atoms with Crippen molar-refractivity contribution in [1.82, 2.24) is 15.0 Å². The number of ether oxygens (including phenoxy) is 2. The van der Waals surface area contributed by atoms with Crippen LogP contribution in [-0.4, -0.2) is 29.7 Å². The molecule has 2 aromatic rings. The number of nitrogens with one attached hydrogen (secondary N) is 1. The lowest BCUT2D eigenvalue weighted by atomic mass is 10.1. The molecule has 0 radical (unpaired) electrons. The van der Waals surface area contributed by atoms with Crippen molar-refractivity contribution < 1.29 is 14.3 Å². The van der Waals surface area contributed by atoms with E-state index in [2.05, 4.69) is 10.4 Å². The number of hydrogen-bond donors (Lipinski definition) is 2. The summed E-state index contributed by atoms with van der Waals surface area (Å²) in [5.41, 5.74) is 3.74. The van der Waals surface area contributed by atoms with E-state index < -0.39 is 0 Å². The van der Waals surface area contributed by atoms with Crippen LogP contribution in [0.2, 0.25) is 0 Å². The Balaban J connectivity index is 2.37. The lowest BCUT2D eigenvalue weighted by molar-refractivity contribution is -0.121. The lowest BCUT2D eigenvalue weighted by Gasteiger charge is -2.11. The molecular formula is C13H16N4O3. The normalized spacial score (nSPS) is 10.2. The van der Waals surface area contributed by atoms with Crippen LogP contribution in [-0.2, 0) is 11.3 Å². The van der Waals surface area contributed by atoms with Gasteiger partial charge in [0.25, 0.3) is 5.91 Å². The van der Waals surface area contributed by atoms with E-state index in [4.69, 9.17) is 15.3 Å². The van der Waals surface area contributed by atoms with Gasteiger partial charge in [0, 0.05) is 5.56 Å². The summed E-state index contributed by atoms with van der Waals surface area (Å²) >= 11 is 0. The van der Waals surface area contributed by atoms with Crippen LogP contribution in [0, 0.1) is 0 Å². The van der Waals surface area contributed by atoms with Crippen LogP contribution in [0.4, 0.5) is 0 Å². The molecule has 0 saturated carbocycles. The van der Waals surface area contributed by atoms with E-state index >= 15 is 0 Å². The maximum absolute atomic E-state index is 11.4. The van der Waals surface area contributed by atoms with Crippen LogP contribution < -0.4 is 20.7 Å². The smallest absolute Gasteiger partial charge is 0.253 e. The van der Waals surface area contributed by atoms with Gasteiger partial charge in [0.2, 0.25) is 0 Å². The number of methoxy groups -OCH3 is 2. The number of carbonyl (C=O) groups is 1. The summed E-state index contributed by atoms with van der Waals surface area (Å²) in [6, 6.07) is 5.50. The van der Waals surface area contributed by atoms with Crippen molar-refractivity contribution in [1.29, 1.82) is 0 Å². The van der Waals surface area contributed by atoms with E-state index in [1.54, 1.807) is 37.4 Å². The predicted molar refractivity (Wildman–Crippen MR) is 73.1 cm³/mol. The highest BCUT2D eigenvalue weighted by Crippen LogP contribution is 2.32. The molecule has 106 valence electrons. The number of nitrogens with zero attached hydrogens (tertiary/aromatic N) is 2. The third kappa shape index (κ3) is 2.72. The van der Waals surface area contributed by atoms with Crippen molar-refractivity contribution in [3.63, 3.8) is 0 Å². The fraction of sp³-hybridized carbons (Fsp3) is 0.231. The molecular weight excluding hydrogens is 260 g/mol. The van der Waals surface area contributed by atoms with Gasteiger partial charge in [-0.1, -0.05) is 0 Å². The number of amides is 1. The van der Waals surface area contributed by atoms with Crippen LogP contribution >= 0.6 is 0 Å². The van der Waals surface area contributed by atoms with Crippen molar-refractivity contribution in [2.45, 2.75) is 6.54 Å². The van der Waals surface area contributed by atoms with Crippen LogP contribution in [0.3, 0.4) is 0 Å². The molecule has 0 fully saturated rings. The van der Waals surface area contributed by atoms with E-state index in [9.17, 15) is 4.79 Å². The van der Waals surface area contributed by atoms with Gasteiger partial charge in [-0.25, -0.2) is 10.8 Å². The van der Waals surface area contributed by atoms with E-state index in [-0.39, 0.29) is 12.5 Å². The third-order valence-corrected chi connectivity index (χ3v) is 2.87. The van der Waals surface area contributed by atoms with Gasteiger partial charge < -0.3 is 14.0 Å². The summed E-state index contributed by atoms with van der Waals surface area (Å²) in [6.45, 7) is 0.0974. The Kier molecular flexibility index (Phi) is 4.21. The second-order valence-corrected chi connectivity index (χ2v) is 4.04. The first-order valence-corrected chi connectivity index (χ1v) is 5.91. The molecule has 1 aromatic heterocycles.